The van der Waals surface area contributed by atoms with E-state index in [-0.39, 0.29) is 48.3 Å². The largest absolute Gasteiger partial charge is 0.488 e. The van der Waals surface area contributed by atoms with Gasteiger partial charge in [-0.1, -0.05) is 30.3 Å². The number of piperazine rings is 1. The standard InChI is InChI=1S/C26H25F3N4O5S/c27-26(28,29)39-32-12-10-31(11-13-32)14-16-4-6-17(7-5-16)15-38-20-3-1-2-18-22(20)25(37)33(24(18)36)19-8-9-21(34)30-23(19)35/h1-7,19H,8-15H2,(H,30,34,35). The monoisotopic (exact) mass is 562 g/mol. The van der Waals surface area contributed by atoms with Crippen LogP contribution in [0.25, 0.3) is 0 Å². The average molecular weight is 563 g/mol. The molecule has 2 saturated heterocycles. The topological polar surface area (TPSA) is 99.3 Å². The van der Waals surface area contributed by atoms with Crippen molar-refractivity contribution >= 4 is 35.6 Å². The molecule has 0 aromatic heterocycles. The Morgan fingerprint density at radius 3 is 2.28 bits per heavy atom. The minimum absolute atomic E-state index is 0.0382. The van der Waals surface area contributed by atoms with E-state index in [0.29, 0.717) is 32.7 Å². The van der Waals surface area contributed by atoms with Gasteiger partial charge in [-0.05, 0) is 29.7 Å². The first-order chi connectivity index (χ1) is 18.6. The summed E-state index contributed by atoms with van der Waals surface area (Å²) < 4.78 is 44.9. The quantitative estimate of drug-likeness (QED) is 0.407. The smallest absolute Gasteiger partial charge is 0.456 e. The molecule has 1 N–H and O–H groups in total. The Bertz CT molecular complexity index is 1300. The van der Waals surface area contributed by atoms with E-state index in [1.165, 1.54) is 10.4 Å². The summed E-state index contributed by atoms with van der Waals surface area (Å²) in [5.74, 6) is -2.13. The Labute approximate surface area is 226 Å². The van der Waals surface area contributed by atoms with Crippen molar-refractivity contribution in [2.75, 3.05) is 26.2 Å². The Hall–Kier alpha value is -3.42. The molecule has 5 rings (SSSR count). The van der Waals surface area contributed by atoms with E-state index in [0.717, 1.165) is 16.0 Å². The number of amides is 4. The number of alkyl halides is 3. The van der Waals surface area contributed by atoms with Crippen molar-refractivity contribution < 1.29 is 37.1 Å². The maximum absolute atomic E-state index is 13.2. The van der Waals surface area contributed by atoms with Gasteiger partial charge in [0.05, 0.1) is 11.1 Å². The molecule has 1 unspecified atom stereocenters. The van der Waals surface area contributed by atoms with E-state index in [1.807, 2.05) is 24.3 Å². The summed E-state index contributed by atoms with van der Waals surface area (Å²) in [6.45, 7) is 2.49. The molecule has 2 fully saturated rings. The number of nitrogens with one attached hydrogen (secondary N) is 1. The van der Waals surface area contributed by atoms with Gasteiger partial charge < -0.3 is 4.74 Å². The van der Waals surface area contributed by atoms with Crippen LogP contribution in [0.5, 0.6) is 5.75 Å². The summed E-state index contributed by atoms with van der Waals surface area (Å²) in [4.78, 5) is 52.9. The molecule has 9 nitrogen and oxygen atoms in total. The van der Waals surface area contributed by atoms with E-state index in [2.05, 4.69) is 10.2 Å². The normalized spacial score (nSPS) is 20.8. The number of fused-ring (bicyclic) bond motifs is 1. The summed E-state index contributed by atoms with van der Waals surface area (Å²) in [5, 5.41) is 2.17. The Morgan fingerprint density at radius 2 is 1.62 bits per heavy atom. The first kappa shape index (κ1) is 27.2. The number of benzene rings is 2. The van der Waals surface area contributed by atoms with Crippen molar-refractivity contribution in [1.82, 2.24) is 19.4 Å². The number of piperidine rings is 1. The zero-order valence-electron chi connectivity index (χ0n) is 20.7. The van der Waals surface area contributed by atoms with E-state index in [9.17, 15) is 32.3 Å². The molecule has 1 atom stereocenters. The zero-order chi connectivity index (χ0) is 27.7. The lowest BCUT2D eigenvalue weighted by Gasteiger charge is -2.34. The van der Waals surface area contributed by atoms with Crippen LogP contribution in [0.1, 0.15) is 44.7 Å². The van der Waals surface area contributed by atoms with Gasteiger partial charge in [0, 0.05) is 51.1 Å². The summed E-state index contributed by atoms with van der Waals surface area (Å²) in [6, 6.07) is 11.2. The van der Waals surface area contributed by atoms with E-state index < -0.39 is 35.2 Å². The van der Waals surface area contributed by atoms with E-state index in [1.54, 1.807) is 12.1 Å². The number of imide groups is 2. The summed E-state index contributed by atoms with van der Waals surface area (Å²) >= 11 is -0.0730. The van der Waals surface area contributed by atoms with Gasteiger partial charge in [-0.25, -0.2) is 4.31 Å². The van der Waals surface area contributed by atoms with Gasteiger partial charge in [-0.3, -0.25) is 34.3 Å². The molecule has 2 aromatic carbocycles. The van der Waals surface area contributed by atoms with E-state index >= 15 is 0 Å². The highest BCUT2D eigenvalue weighted by atomic mass is 32.2. The van der Waals surface area contributed by atoms with Crippen LogP contribution < -0.4 is 10.1 Å². The molecule has 3 heterocycles. The van der Waals surface area contributed by atoms with Crippen molar-refractivity contribution in [3.8, 4) is 5.75 Å². The van der Waals surface area contributed by atoms with Crippen LogP contribution in [0.3, 0.4) is 0 Å². The van der Waals surface area contributed by atoms with Crippen molar-refractivity contribution in [1.29, 1.82) is 0 Å². The maximum Gasteiger partial charge on any atom is 0.456 e. The summed E-state index contributed by atoms with van der Waals surface area (Å²) in [6.07, 6.45) is 0.109. The van der Waals surface area contributed by atoms with Crippen molar-refractivity contribution in [2.24, 2.45) is 0 Å². The SMILES string of the molecule is O=C1CCC(N2C(=O)c3cccc(OCc4ccc(CN5CCN(SC(F)(F)F)CC5)cc4)c3C2=O)C(=O)N1. The van der Waals surface area contributed by atoms with Gasteiger partial charge in [-0.2, -0.15) is 13.2 Å². The number of nitrogens with zero attached hydrogens (tertiary/aromatic N) is 3. The molecule has 0 bridgehead atoms. The summed E-state index contributed by atoms with van der Waals surface area (Å²) in [7, 11) is 0. The zero-order valence-corrected chi connectivity index (χ0v) is 21.5. The van der Waals surface area contributed by atoms with Crippen LogP contribution in [0.2, 0.25) is 0 Å². The van der Waals surface area contributed by atoms with Gasteiger partial charge in [0.25, 0.3) is 11.8 Å². The second kappa shape index (κ2) is 11.0. The first-order valence-electron chi connectivity index (χ1n) is 12.4. The summed E-state index contributed by atoms with van der Waals surface area (Å²) in [5.41, 5.74) is -2.20. The fourth-order valence-electron chi connectivity index (χ4n) is 4.89. The number of carbonyl (C=O) groups excluding carboxylic acids is 4. The van der Waals surface area contributed by atoms with Gasteiger partial charge in [0.15, 0.2) is 0 Å². The molecule has 0 aliphatic carbocycles. The lowest BCUT2D eigenvalue weighted by atomic mass is 10.0. The van der Waals surface area contributed by atoms with E-state index in [4.69, 9.17) is 4.74 Å². The van der Waals surface area contributed by atoms with Gasteiger partial charge in [-0.15, -0.1) is 0 Å². The second-order valence-corrected chi connectivity index (χ2v) is 10.6. The minimum Gasteiger partial charge on any atom is -0.488 e. The molecule has 3 aliphatic rings. The van der Waals surface area contributed by atoms with Crippen LogP contribution in [0.4, 0.5) is 13.2 Å². The van der Waals surface area contributed by atoms with Crippen molar-refractivity contribution in [3.63, 3.8) is 0 Å². The molecular formula is C26H25F3N4O5S. The fraction of sp³-hybridized carbons (Fsp3) is 0.385. The number of hydrogen-bond acceptors (Lipinski definition) is 8. The van der Waals surface area contributed by atoms with Crippen LogP contribution >= 0.6 is 11.9 Å². The number of halogens is 3. The minimum atomic E-state index is -4.27. The Kier molecular flexibility index (Phi) is 7.65. The number of rotatable bonds is 7. The molecule has 39 heavy (non-hydrogen) atoms. The maximum atomic E-state index is 13.2. The highest BCUT2D eigenvalue weighted by Gasteiger charge is 2.46. The number of carbonyl (C=O) groups is 4. The molecule has 13 heteroatoms. The molecule has 0 spiro atoms. The lowest BCUT2D eigenvalue weighted by Crippen LogP contribution is -2.54. The van der Waals surface area contributed by atoms with Crippen molar-refractivity contribution in [3.05, 3.63) is 64.7 Å². The fourth-order valence-corrected chi connectivity index (χ4v) is 5.53. The Morgan fingerprint density at radius 1 is 0.923 bits per heavy atom. The van der Waals surface area contributed by atoms with Crippen LogP contribution in [-0.4, -0.2) is 75.5 Å². The third-order valence-corrected chi connectivity index (χ3v) is 7.65. The molecule has 0 radical (unpaired) electrons. The molecule has 4 amide bonds. The highest BCUT2D eigenvalue weighted by molar-refractivity contribution is 7.97. The third kappa shape index (κ3) is 6.10. The van der Waals surface area contributed by atoms with Gasteiger partial charge in [0.2, 0.25) is 11.8 Å². The number of hydrogen-bond donors (Lipinski definition) is 1. The van der Waals surface area contributed by atoms with Gasteiger partial charge in [0.1, 0.15) is 18.4 Å². The molecule has 2 aromatic rings. The molecule has 206 valence electrons. The van der Waals surface area contributed by atoms with Gasteiger partial charge >= 0.3 is 5.51 Å². The number of ether oxygens (including phenoxy) is 1. The van der Waals surface area contributed by atoms with Crippen molar-refractivity contribution in [2.45, 2.75) is 37.5 Å². The van der Waals surface area contributed by atoms with Crippen LogP contribution in [0.15, 0.2) is 42.5 Å². The predicted octanol–water partition coefficient (Wildman–Crippen LogP) is 2.95. The first-order valence-corrected chi connectivity index (χ1v) is 13.1. The second-order valence-electron chi connectivity index (χ2n) is 9.47. The Balaban J connectivity index is 1.18. The average Bonchev–Trinajstić information content (AvgIpc) is 3.14. The van der Waals surface area contributed by atoms with Crippen LogP contribution in [0, 0.1) is 0 Å². The third-order valence-electron chi connectivity index (χ3n) is 6.82. The highest BCUT2D eigenvalue weighted by Crippen LogP contribution is 2.35. The molecule has 0 saturated carbocycles. The molecular weight excluding hydrogens is 537 g/mol. The predicted molar refractivity (Wildman–Crippen MR) is 134 cm³/mol. The lowest BCUT2D eigenvalue weighted by molar-refractivity contribution is -0.136. The van der Waals surface area contributed by atoms with Crippen LogP contribution in [-0.2, 0) is 22.7 Å². The molecule has 3 aliphatic heterocycles.